The van der Waals surface area contributed by atoms with E-state index in [9.17, 15) is 26.8 Å². The first-order chi connectivity index (χ1) is 11.7. The number of carboxylic acid groups (broad SMARTS) is 1. The van der Waals surface area contributed by atoms with Crippen molar-refractivity contribution >= 4 is 21.7 Å². The fourth-order valence-electron chi connectivity index (χ4n) is 2.61. The van der Waals surface area contributed by atoms with Crippen LogP contribution in [0.25, 0.3) is 0 Å². The van der Waals surface area contributed by atoms with E-state index < -0.39 is 37.9 Å². The Balaban J connectivity index is 2.18. The number of hydrogen-bond acceptors (Lipinski definition) is 5. The van der Waals surface area contributed by atoms with Gasteiger partial charge in [-0.25, -0.2) is 8.42 Å². The first-order valence-electron chi connectivity index (χ1n) is 7.40. The average Bonchev–Trinajstić information content (AvgIpc) is 2.54. The highest BCUT2D eigenvalue weighted by molar-refractivity contribution is 7.91. The van der Waals surface area contributed by atoms with Crippen molar-refractivity contribution in [1.82, 2.24) is 5.32 Å². The van der Waals surface area contributed by atoms with Gasteiger partial charge in [-0.1, -0.05) is 0 Å². The molecule has 0 unspecified atom stereocenters. The number of carboxylic acids is 1. The summed E-state index contributed by atoms with van der Waals surface area (Å²) in [4.78, 5) is 22.8. The smallest absolute Gasteiger partial charge is 0.341 e. The minimum absolute atomic E-state index is 0.0458. The van der Waals surface area contributed by atoms with Crippen LogP contribution in [0.2, 0.25) is 0 Å². The van der Waals surface area contributed by atoms with Crippen molar-refractivity contribution in [3.8, 4) is 0 Å². The lowest BCUT2D eigenvalue weighted by atomic mass is 9.86. The highest BCUT2D eigenvalue weighted by atomic mass is 32.2. The minimum atomic E-state index is -4.73. The van der Waals surface area contributed by atoms with Crippen LogP contribution in [0, 0.1) is 0 Å². The van der Waals surface area contributed by atoms with Gasteiger partial charge in [0.1, 0.15) is 0 Å². The molecule has 10 heteroatoms. The van der Waals surface area contributed by atoms with Crippen LogP contribution in [0.4, 0.5) is 8.78 Å². The van der Waals surface area contributed by atoms with Gasteiger partial charge in [0.05, 0.1) is 16.9 Å². The molecular formula is C15H17F2NO6S. The van der Waals surface area contributed by atoms with Gasteiger partial charge in [-0.15, -0.1) is 0 Å². The highest BCUT2D eigenvalue weighted by Gasteiger charge is 2.36. The number of ether oxygens (including phenoxy) is 1. The van der Waals surface area contributed by atoms with Crippen LogP contribution >= 0.6 is 0 Å². The topological polar surface area (TPSA) is 110 Å². The van der Waals surface area contributed by atoms with Crippen molar-refractivity contribution in [2.75, 3.05) is 13.2 Å². The molecular weight excluding hydrogens is 360 g/mol. The number of nitrogens with one attached hydrogen (secondary N) is 1. The van der Waals surface area contributed by atoms with E-state index in [1.165, 1.54) is 0 Å². The lowest BCUT2D eigenvalue weighted by Gasteiger charge is -2.36. The molecule has 0 bridgehead atoms. The van der Waals surface area contributed by atoms with E-state index in [1.54, 1.807) is 0 Å². The van der Waals surface area contributed by atoms with Gasteiger partial charge in [0.25, 0.3) is 5.91 Å². The first-order valence-corrected chi connectivity index (χ1v) is 8.95. The van der Waals surface area contributed by atoms with Gasteiger partial charge in [0, 0.05) is 18.8 Å². The number of rotatable bonds is 6. The summed E-state index contributed by atoms with van der Waals surface area (Å²) < 4.78 is 52.9. The second-order valence-electron chi connectivity index (χ2n) is 5.75. The molecule has 138 valence electrons. The Labute approximate surface area is 142 Å². The number of halogens is 2. The number of benzene rings is 1. The summed E-state index contributed by atoms with van der Waals surface area (Å²) in [6, 6.07) is 4.06. The van der Waals surface area contributed by atoms with Crippen LogP contribution in [-0.4, -0.2) is 49.9 Å². The Morgan fingerprint density at radius 1 is 1.20 bits per heavy atom. The van der Waals surface area contributed by atoms with Gasteiger partial charge in [0.15, 0.2) is 0 Å². The van der Waals surface area contributed by atoms with E-state index in [4.69, 9.17) is 9.84 Å². The van der Waals surface area contributed by atoms with Gasteiger partial charge in [0.2, 0.25) is 9.84 Å². The summed E-state index contributed by atoms with van der Waals surface area (Å²) in [5.41, 5.74) is -0.918. The molecule has 0 atom stereocenters. The van der Waals surface area contributed by atoms with Crippen LogP contribution in [-0.2, 0) is 19.4 Å². The summed E-state index contributed by atoms with van der Waals surface area (Å²) in [5, 5.41) is 11.7. The molecule has 0 saturated carbocycles. The van der Waals surface area contributed by atoms with E-state index in [-0.39, 0.29) is 12.0 Å². The zero-order valence-electron chi connectivity index (χ0n) is 13.1. The molecule has 0 aromatic heterocycles. The molecule has 2 rings (SSSR count). The van der Waals surface area contributed by atoms with Crippen LogP contribution in [0.3, 0.4) is 0 Å². The predicted octanol–water partition coefficient (Wildman–Crippen LogP) is 1.44. The Hall–Kier alpha value is -2.07. The van der Waals surface area contributed by atoms with Gasteiger partial charge in [-0.05, 0) is 37.1 Å². The third kappa shape index (κ3) is 4.51. The Morgan fingerprint density at radius 2 is 1.76 bits per heavy atom. The monoisotopic (exact) mass is 377 g/mol. The van der Waals surface area contributed by atoms with Crippen molar-refractivity contribution in [2.45, 2.75) is 35.5 Å². The molecule has 0 spiro atoms. The van der Waals surface area contributed by atoms with Crippen molar-refractivity contribution in [2.24, 2.45) is 0 Å². The third-order valence-electron chi connectivity index (χ3n) is 4.00. The van der Waals surface area contributed by atoms with Crippen molar-refractivity contribution in [3.05, 3.63) is 29.8 Å². The SMILES string of the molecule is O=C(O)CC1(NC(=O)c2ccc(S(=O)(=O)C(F)F)cc2)CCOCC1. The largest absolute Gasteiger partial charge is 0.481 e. The van der Waals surface area contributed by atoms with Gasteiger partial charge >= 0.3 is 11.7 Å². The van der Waals surface area contributed by atoms with E-state index >= 15 is 0 Å². The molecule has 1 aliphatic rings. The molecule has 1 aromatic rings. The number of amides is 1. The van der Waals surface area contributed by atoms with Crippen LogP contribution in [0.1, 0.15) is 29.6 Å². The number of sulfone groups is 1. The summed E-state index contributed by atoms with van der Waals surface area (Å²) in [6.45, 7) is 0.609. The maximum atomic E-state index is 12.5. The van der Waals surface area contributed by atoms with Crippen molar-refractivity contribution < 1.29 is 36.6 Å². The van der Waals surface area contributed by atoms with Gasteiger partial charge < -0.3 is 15.2 Å². The van der Waals surface area contributed by atoms with Crippen molar-refractivity contribution in [1.29, 1.82) is 0 Å². The first kappa shape index (κ1) is 19.3. The second-order valence-corrected chi connectivity index (χ2v) is 7.67. The molecule has 0 aliphatic carbocycles. The molecule has 2 N–H and O–H groups in total. The summed E-state index contributed by atoms with van der Waals surface area (Å²) in [6.07, 6.45) is 0.367. The van der Waals surface area contributed by atoms with Crippen LogP contribution in [0.15, 0.2) is 29.2 Å². The molecule has 1 heterocycles. The Kier molecular flexibility index (Phi) is 5.73. The van der Waals surface area contributed by atoms with Gasteiger partial charge in [-0.2, -0.15) is 8.78 Å². The van der Waals surface area contributed by atoms with Crippen molar-refractivity contribution in [3.63, 3.8) is 0 Å². The number of hydrogen-bond donors (Lipinski definition) is 2. The summed E-state index contributed by atoms with van der Waals surface area (Å²) in [7, 11) is -4.73. The Bertz CT molecular complexity index is 742. The number of carbonyl (C=O) groups is 2. The van der Waals surface area contributed by atoms with E-state index in [0.717, 1.165) is 24.3 Å². The van der Waals surface area contributed by atoms with E-state index in [0.29, 0.717) is 26.1 Å². The zero-order valence-corrected chi connectivity index (χ0v) is 13.9. The number of aliphatic carboxylic acids is 1. The second kappa shape index (κ2) is 7.44. The summed E-state index contributed by atoms with van der Waals surface area (Å²) >= 11 is 0. The normalized spacial score (nSPS) is 17.2. The molecule has 25 heavy (non-hydrogen) atoms. The maximum Gasteiger partial charge on any atom is 0.341 e. The molecule has 1 saturated heterocycles. The molecule has 1 amide bonds. The molecule has 0 radical (unpaired) electrons. The fraction of sp³-hybridized carbons (Fsp3) is 0.467. The minimum Gasteiger partial charge on any atom is -0.481 e. The maximum absolute atomic E-state index is 12.5. The fourth-order valence-corrected chi connectivity index (χ4v) is 3.33. The molecule has 1 fully saturated rings. The molecule has 1 aliphatic heterocycles. The van der Waals surface area contributed by atoms with Crippen LogP contribution in [0.5, 0.6) is 0 Å². The highest BCUT2D eigenvalue weighted by Crippen LogP contribution is 2.25. The lowest BCUT2D eigenvalue weighted by Crippen LogP contribution is -2.53. The summed E-state index contributed by atoms with van der Waals surface area (Å²) in [5.74, 6) is -5.22. The third-order valence-corrected chi connectivity index (χ3v) is 5.40. The van der Waals surface area contributed by atoms with Gasteiger partial charge in [-0.3, -0.25) is 9.59 Å². The van der Waals surface area contributed by atoms with E-state index in [2.05, 4.69) is 5.32 Å². The number of alkyl halides is 2. The lowest BCUT2D eigenvalue weighted by molar-refractivity contribution is -0.139. The average molecular weight is 377 g/mol. The van der Waals surface area contributed by atoms with Crippen LogP contribution < -0.4 is 5.32 Å². The Morgan fingerprint density at radius 3 is 2.24 bits per heavy atom. The zero-order chi connectivity index (χ0) is 18.7. The number of carbonyl (C=O) groups excluding carboxylic acids is 1. The van der Waals surface area contributed by atoms with E-state index in [1.807, 2.05) is 0 Å². The predicted molar refractivity (Wildman–Crippen MR) is 82.1 cm³/mol. The quantitative estimate of drug-likeness (QED) is 0.776. The molecule has 1 aromatic carbocycles. The molecule has 7 nitrogen and oxygen atoms in total. The standard InChI is InChI=1S/C15H17F2NO6S/c16-14(17)25(22,23)11-3-1-10(2-4-11)13(21)18-15(9-12(19)20)5-7-24-8-6-15/h1-4,14H,5-9H2,(H,18,21)(H,19,20).